The van der Waals surface area contributed by atoms with E-state index in [9.17, 15) is 4.79 Å². The number of aliphatic imine (C=N–C) groups is 2. The van der Waals surface area contributed by atoms with Crippen molar-refractivity contribution in [2.24, 2.45) is 9.98 Å². The SMILES string of the molecule is COc1ccc(C2=Nc3cc(C)c(C)cc3N=C(SCC(=O)Nc3cc(C)ccc3OC)C2)cc1. The Morgan fingerprint density at radius 1 is 0.914 bits per heavy atom. The molecule has 3 aromatic carbocycles. The lowest BCUT2D eigenvalue weighted by atomic mass is 10.1. The first-order valence-electron chi connectivity index (χ1n) is 11.3. The molecule has 0 saturated heterocycles. The Kier molecular flexibility index (Phi) is 7.56. The van der Waals surface area contributed by atoms with Crippen molar-refractivity contribution in [2.75, 3.05) is 25.3 Å². The minimum atomic E-state index is -0.117. The summed E-state index contributed by atoms with van der Waals surface area (Å²) >= 11 is 1.43. The lowest BCUT2D eigenvalue weighted by Crippen LogP contribution is -2.17. The minimum Gasteiger partial charge on any atom is -0.497 e. The number of rotatable bonds is 6. The van der Waals surface area contributed by atoms with E-state index >= 15 is 0 Å². The van der Waals surface area contributed by atoms with Gasteiger partial charge in [0.05, 0.1) is 47.8 Å². The molecule has 1 aliphatic heterocycles. The van der Waals surface area contributed by atoms with Gasteiger partial charge in [-0.25, -0.2) is 4.99 Å². The van der Waals surface area contributed by atoms with Crippen molar-refractivity contribution >= 4 is 45.5 Å². The van der Waals surface area contributed by atoms with Crippen LogP contribution in [-0.4, -0.2) is 36.6 Å². The Labute approximate surface area is 210 Å². The van der Waals surface area contributed by atoms with Gasteiger partial charge in [0.15, 0.2) is 0 Å². The standard InChI is InChI=1S/C28H29N3O3S/c1-17-6-11-26(34-5)25(12-17)30-27(32)16-35-28-15-22(20-7-9-21(33-4)10-8-20)29-23-13-18(2)19(3)14-24(23)31-28/h6-14H,15-16H2,1-5H3,(H,30,32). The quantitative estimate of drug-likeness (QED) is 0.428. The Morgan fingerprint density at radius 2 is 1.60 bits per heavy atom. The Balaban J connectivity index is 1.58. The van der Waals surface area contributed by atoms with E-state index in [1.807, 2.05) is 49.4 Å². The second-order valence-corrected chi connectivity index (χ2v) is 9.48. The molecular formula is C28H29N3O3S. The topological polar surface area (TPSA) is 72.3 Å². The normalized spacial score (nSPS) is 12.7. The molecule has 0 spiro atoms. The summed E-state index contributed by atoms with van der Waals surface area (Å²) in [5.74, 6) is 1.54. The molecule has 6 nitrogen and oxygen atoms in total. The number of carbonyl (C=O) groups excluding carboxylic acids is 1. The van der Waals surface area contributed by atoms with Crippen LogP contribution < -0.4 is 14.8 Å². The van der Waals surface area contributed by atoms with Crippen molar-refractivity contribution in [3.63, 3.8) is 0 Å². The Hall–Kier alpha value is -3.58. The van der Waals surface area contributed by atoms with Gasteiger partial charge in [0.25, 0.3) is 0 Å². The molecule has 0 bridgehead atoms. The van der Waals surface area contributed by atoms with Crippen molar-refractivity contribution in [1.82, 2.24) is 0 Å². The monoisotopic (exact) mass is 487 g/mol. The van der Waals surface area contributed by atoms with Gasteiger partial charge in [0.1, 0.15) is 11.5 Å². The molecule has 0 fully saturated rings. The fourth-order valence-corrected chi connectivity index (χ4v) is 4.53. The van der Waals surface area contributed by atoms with Crippen LogP contribution in [-0.2, 0) is 4.79 Å². The molecule has 0 saturated carbocycles. The van der Waals surface area contributed by atoms with E-state index in [0.29, 0.717) is 17.9 Å². The molecule has 0 unspecified atom stereocenters. The molecule has 0 radical (unpaired) electrons. The number of carbonyl (C=O) groups is 1. The third-order valence-corrected chi connectivity index (χ3v) is 6.81. The van der Waals surface area contributed by atoms with Gasteiger partial charge in [0, 0.05) is 6.42 Å². The first-order chi connectivity index (χ1) is 16.9. The number of methoxy groups -OCH3 is 2. The molecule has 0 atom stereocenters. The van der Waals surface area contributed by atoms with Crippen LogP contribution in [0.1, 0.15) is 28.7 Å². The first kappa shape index (κ1) is 24.5. The fraction of sp³-hybridized carbons (Fsp3) is 0.250. The predicted octanol–water partition coefficient (Wildman–Crippen LogP) is 6.56. The number of aryl methyl sites for hydroxylation is 3. The molecule has 1 aliphatic rings. The number of amides is 1. The molecule has 7 heteroatoms. The highest BCUT2D eigenvalue weighted by molar-refractivity contribution is 8.14. The van der Waals surface area contributed by atoms with Gasteiger partial charge in [0.2, 0.25) is 5.91 Å². The van der Waals surface area contributed by atoms with Crippen molar-refractivity contribution < 1.29 is 14.3 Å². The van der Waals surface area contributed by atoms with E-state index in [1.165, 1.54) is 17.3 Å². The number of fused-ring (bicyclic) bond motifs is 1. The fourth-order valence-electron chi connectivity index (χ4n) is 3.75. The second kappa shape index (κ2) is 10.8. The molecule has 180 valence electrons. The van der Waals surface area contributed by atoms with E-state index in [1.54, 1.807) is 14.2 Å². The van der Waals surface area contributed by atoms with E-state index < -0.39 is 0 Å². The lowest BCUT2D eigenvalue weighted by molar-refractivity contribution is -0.113. The van der Waals surface area contributed by atoms with Gasteiger partial charge in [-0.15, -0.1) is 11.8 Å². The van der Waals surface area contributed by atoms with Crippen LogP contribution in [0.3, 0.4) is 0 Å². The van der Waals surface area contributed by atoms with Crippen molar-refractivity contribution in [1.29, 1.82) is 0 Å². The maximum atomic E-state index is 12.8. The largest absolute Gasteiger partial charge is 0.497 e. The summed E-state index contributed by atoms with van der Waals surface area (Å²) in [5, 5.41) is 3.81. The van der Waals surface area contributed by atoms with E-state index in [-0.39, 0.29) is 11.7 Å². The first-order valence-corrected chi connectivity index (χ1v) is 12.3. The smallest absolute Gasteiger partial charge is 0.234 e. The van der Waals surface area contributed by atoms with E-state index in [2.05, 4.69) is 31.3 Å². The molecule has 35 heavy (non-hydrogen) atoms. The molecule has 0 aromatic heterocycles. The molecular weight excluding hydrogens is 458 g/mol. The number of nitrogens with one attached hydrogen (secondary N) is 1. The Bertz CT molecular complexity index is 1310. The van der Waals surface area contributed by atoms with Crippen LogP contribution in [0.15, 0.2) is 64.6 Å². The maximum Gasteiger partial charge on any atom is 0.234 e. The average molecular weight is 488 g/mol. The van der Waals surface area contributed by atoms with E-state index in [4.69, 9.17) is 19.5 Å². The third kappa shape index (κ3) is 5.92. The molecule has 3 aromatic rings. The highest BCUT2D eigenvalue weighted by atomic mass is 32.2. The molecule has 1 N–H and O–H groups in total. The molecule has 0 aliphatic carbocycles. The summed E-state index contributed by atoms with van der Waals surface area (Å²) in [6.45, 7) is 6.12. The number of thioether (sulfide) groups is 1. The highest BCUT2D eigenvalue weighted by Gasteiger charge is 2.18. The van der Waals surface area contributed by atoms with Gasteiger partial charge in [-0.1, -0.05) is 6.07 Å². The summed E-state index contributed by atoms with van der Waals surface area (Å²) in [7, 11) is 3.24. The van der Waals surface area contributed by atoms with Crippen LogP contribution in [0, 0.1) is 20.8 Å². The summed E-state index contributed by atoms with van der Waals surface area (Å²) in [6, 6.07) is 17.7. The molecule has 4 rings (SSSR count). The number of ether oxygens (including phenoxy) is 2. The zero-order valence-corrected chi connectivity index (χ0v) is 21.5. The summed E-state index contributed by atoms with van der Waals surface area (Å²) in [5.41, 5.74) is 7.59. The number of nitrogens with zero attached hydrogens (tertiary/aromatic N) is 2. The van der Waals surface area contributed by atoms with Gasteiger partial charge in [-0.3, -0.25) is 9.79 Å². The molecule has 1 heterocycles. The van der Waals surface area contributed by atoms with Crippen molar-refractivity contribution in [2.45, 2.75) is 27.2 Å². The number of hydrogen-bond donors (Lipinski definition) is 1. The summed E-state index contributed by atoms with van der Waals surface area (Å²) in [6.07, 6.45) is 0.533. The summed E-state index contributed by atoms with van der Waals surface area (Å²) < 4.78 is 10.7. The van der Waals surface area contributed by atoms with Crippen molar-refractivity contribution in [3.05, 3.63) is 76.9 Å². The van der Waals surface area contributed by atoms with Crippen LogP contribution in [0.5, 0.6) is 11.5 Å². The van der Waals surface area contributed by atoms with Gasteiger partial charge in [-0.2, -0.15) is 0 Å². The number of hydrogen-bond acceptors (Lipinski definition) is 6. The Morgan fingerprint density at radius 3 is 2.26 bits per heavy atom. The molecule has 1 amide bonds. The van der Waals surface area contributed by atoms with Crippen LogP contribution >= 0.6 is 11.8 Å². The number of anilines is 1. The zero-order chi connectivity index (χ0) is 24.9. The van der Waals surface area contributed by atoms with Gasteiger partial charge >= 0.3 is 0 Å². The second-order valence-electron chi connectivity index (χ2n) is 8.44. The predicted molar refractivity (Wildman–Crippen MR) is 146 cm³/mol. The van der Waals surface area contributed by atoms with E-state index in [0.717, 1.165) is 44.6 Å². The maximum absolute atomic E-state index is 12.8. The van der Waals surface area contributed by atoms with Gasteiger partial charge in [-0.05, 0) is 91.6 Å². The van der Waals surface area contributed by atoms with Crippen LogP contribution in [0.2, 0.25) is 0 Å². The summed E-state index contributed by atoms with van der Waals surface area (Å²) in [4.78, 5) is 22.7. The highest BCUT2D eigenvalue weighted by Crippen LogP contribution is 2.36. The van der Waals surface area contributed by atoms with Crippen LogP contribution in [0.4, 0.5) is 17.1 Å². The van der Waals surface area contributed by atoms with Crippen LogP contribution in [0.25, 0.3) is 0 Å². The minimum absolute atomic E-state index is 0.117. The average Bonchev–Trinajstić information content (AvgIpc) is 3.02. The van der Waals surface area contributed by atoms with Gasteiger partial charge < -0.3 is 14.8 Å². The number of benzene rings is 3. The zero-order valence-electron chi connectivity index (χ0n) is 20.6. The van der Waals surface area contributed by atoms with Crippen molar-refractivity contribution in [3.8, 4) is 11.5 Å². The lowest BCUT2D eigenvalue weighted by Gasteiger charge is -2.11. The third-order valence-electron chi connectivity index (χ3n) is 5.83.